The van der Waals surface area contributed by atoms with E-state index in [4.69, 9.17) is 4.74 Å². The van der Waals surface area contributed by atoms with Gasteiger partial charge in [-0.15, -0.1) is 0 Å². The Morgan fingerprint density at radius 1 is 0.794 bits per heavy atom. The lowest BCUT2D eigenvalue weighted by atomic mass is 9.95. The largest absolute Gasteiger partial charge is 0.444 e. The summed E-state index contributed by atoms with van der Waals surface area (Å²) in [4.78, 5) is 24.9. The van der Waals surface area contributed by atoms with Gasteiger partial charge in [-0.2, -0.15) is 0 Å². The van der Waals surface area contributed by atoms with E-state index in [0.717, 1.165) is 22.4 Å². The molecule has 0 aliphatic heterocycles. The van der Waals surface area contributed by atoms with Crippen LogP contribution in [0.4, 0.5) is 21.0 Å². The molecular weight excluding hydrogens is 426 g/mol. The number of nitrogens with one attached hydrogen (secondary N) is 3. The SMILES string of the molecule is CC(C)(Cc1cccc(NC(=O)Nc2ccccc2-c2ccccc2)c1)NC(=O)OC(C)(C)C. The first-order valence-corrected chi connectivity index (χ1v) is 11.3. The van der Waals surface area contributed by atoms with Crippen molar-refractivity contribution in [1.82, 2.24) is 5.32 Å². The van der Waals surface area contributed by atoms with Crippen LogP contribution in [0.25, 0.3) is 11.1 Å². The molecule has 0 aliphatic carbocycles. The summed E-state index contributed by atoms with van der Waals surface area (Å²) in [5.74, 6) is 0. The zero-order valence-corrected chi connectivity index (χ0v) is 20.4. The molecule has 3 N–H and O–H groups in total. The number of hydrogen-bond acceptors (Lipinski definition) is 3. The van der Waals surface area contributed by atoms with Crippen LogP contribution in [0.15, 0.2) is 78.9 Å². The fraction of sp³-hybridized carbons (Fsp3) is 0.286. The van der Waals surface area contributed by atoms with E-state index < -0.39 is 17.2 Å². The highest BCUT2D eigenvalue weighted by atomic mass is 16.6. The summed E-state index contributed by atoms with van der Waals surface area (Å²) in [6.45, 7) is 9.36. The molecule has 178 valence electrons. The molecule has 0 heterocycles. The minimum Gasteiger partial charge on any atom is -0.444 e. The van der Waals surface area contributed by atoms with Gasteiger partial charge < -0.3 is 20.7 Å². The molecule has 3 aromatic rings. The first-order chi connectivity index (χ1) is 16.0. The maximum Gasteiger partial charge on any atom is 0.408 e. The summed E-state index contributed by atoms with van der Waals surface area (Å²) in [5, 5.41) is 8.77. The molecule has 0 radical (unpaired) electrons. The minimum absolute atomic E-state index is 0.327. The number of urea groups is 1. The van der Waals surface area contributed by atoms with Crippen LogP contribution in [0, 0.1) is 0 Å². The molecule has 0 atom stereocenters. The Morgan fingerprint density at radius 2 is 1.47 bits per heavy atom. The fourth-order valence-electron chi connectivity index (χ4n) is 3.64. The number of para-hydroxylation sites is 1. The van der Waals surface area contributed by atoms with Gasteiger partial charge in [0.2, 0.25) is 0 Å². The molecule has 0 saturated carbocycles. The lowest BCUT2D eigenvalue weighted by Crippen LogP contribution is -2.47. The molecule has 6 nitrogen and oxygen atoms in total. The zero-order valence-electron chi connectivity index (χ0n) is 20.4. The van der Waals surface area contributed by atoms with E-state index in [-0.39, 0.29) is 6.03 Å². The van der Waals surface area contributed by atoms with E-state index in [1.165, 1.54) is 0 Å². The van der Waals surface area contributed by atoms with E-state index in [1.54, 1.807) is 0 Å². The second kappa shape index (κ2) is 10.4. The topological polar surface area (TPSA) is 79.5 Å². The number of anilines is 2. The summed E-state index contributed by atoms with van der Waals surface area (Å²) >= 11 is 0. The molecule has 0 aromatic heterocycles. The molecule has 0 fully saturated rings. The molecule has 0 unspecified atom stereocenters. The van der Waals surface area contributed by atoms with E-state index in [0.29, 0.717) is 12.1 Å². The third-order valence-corrected chi connectivity index (χ3v) is 4.93. The van der Waals surface area contributed by atoms with Crippen LogP contribution in [0.1, 0.15) is 40.2 Å². The highest BCUT2D eigenvalue weighted by molar-refractivity contribution is 6.02. The zero-order chi connectivity index (χ0) is 24.8. The van der Waals surface area contributed by atoms with Crippen molar-refractivity contribution in [3.63, 3.8) is 0 Å². The van der Waals surface area contributed by atoms with E-state index in [9.17, 15) is 9.59 Å². The number of carbonyl (C=O) groups is 2. The Kier molecular flexibility index (Phi) is 7.61. The predicted molar refractivity (Wildman–Crippen MR) is 138 cm³/mol. The van der Waals surface area contributed by atoms with Crippen molar-refractivity contribution in [2.75, 3.05) is 10.6 Å². The second-order valence-electron chi connectivity index (χ2n) is 9.88. The predicted octanol–water partition coefficient (Wildman–Crippen LogP) is 6.84. The molecule has 34 heavy (non-hydrogen) atoms. The third-order valence-electron chi connectivity index (χ3n) is 4.93. The number of hydrogen-bond donors (Lipinski definition) is 3. The quantitative estimate of drug-likeness (QED) is 0.377. The molecule has 3 amide bonds. The summed E-state index contributed by atoms with van der Waals surface area (Å²) < 4.78 is 5.37. The molecule has 0 bridgehead atoms. The first-order valence-electron chi connectivity index (χ1n) is 11.3. The number of ether oxygens (including phenoxy) is 1. The summed E-state index contributed by atoms with van der Waals surface area (Å²) in [5.41, 5.74) is 3.25. The van der Waals surface area contributed by atoms with Gasteiger partial charge in [-0.3, -0.25) is 0 Å². The van der Waals surface area contributed by atoms with Gasteiger partial charge in [0, 0.05) is 16.8 Å². The summed E-state index contributed by atoms with van der Waals surface area (Å²) in [7, 11) is 0. The van der Waals surface area contributed by atoms with Crippen LogP contribution in [-0.4, -0.2) is 23.3 Å². The van der Waals surface area contributed by atoms with E-state index in [1.807, 2.05) is 113 Å². The molecule has 0 aliphatic rings. The average Bonchev–Trinajstić information content (AvgIpc) is 2.72. The minimum atomic E-state index is -0.559. The highest BCUT2D eigenvalue weighted by Gasteiger charge is 2.25. The van der Waals surface area contributed by atoms with Crippen molar-refractivity contribution in [1.29, 1.82) is 0 Å². The van der Waals surface area contributed by atoms with Crippen LogP contribution in [-0.2, 0) is 11.2 Å². The Hall–Kier alpha value is -3.80. The van der Waals surface area contributed by atoms with Crippen LogP contribution < -0.4 is 16.0 Å². The Balaban J connectivity index is 1.65. The molecule has 3 rings (SSSR count). The lowest BCUT2D eigenvalue weighted by Gasteiger charge is -2.29. The van der Waals surface area contributed by atoms with Crippen molar-refractivity contribution >= 4 is 23.5 Å². The van der Waals surface area contributed by atoms with Gasteiger partial charge in [0.25, 0.3) is 0 Å². The van der Waals surface area contributed by atoms with Crippen LogP contribution in [0.5, 0.6) is 0 Å². The van der Waals surface area contributed by atoms with Crippen molar-refractivity contribution in [3.05, 3.63) is 84.4 Å². The first kappa shape index (κ1) is 24.8. The van der Waals surface area contributed by atoms with Crippen molar-refractivity contribution in [2.24, 2.45) is 0 Å². The van der Waals surface area contributed by atoms with E-state index in [2.05, 4.69) is 16.0 Å². The Morgan fingerprint density at radius 3 is 2.18 bits per heavy atom. The normalized spacial score (nSPS) is 11.4. The van der Waals surface area contributed by atoms with Crippen LogP contribution in [0.3, 0.4) is 0 Å². The van der Waals surface area contributed by atoms with Crippen LogP contribution >= 0.6 is 0 Å². The second-order valence-corrected chi connectivity index (χ2v) is 9.88. The maximum atomic E-state index is 12.7. The van der Waals surface area contributed by atoms with Crippen molar-refractivity contribution < 1.29 is 14.3 Å². The number of rotatable bonds is 6. The fourth-order valence-corrected chi connectivity index (χ4v) is 3.64. The van der Waals surface area contributed by atoms with E-state index >= 15 is 0 Å². The monoisotopic (exact) mass is 459 g/mol. The van der Waals surface area contributed by atoms with Gasteiger partial charge in [0.15, 0.2) is 0 Å². The van der Waals surface area contributed by atoms with Gasteiger partial charge in [0.1, 0.15) is 5.60 Å². The molecule has 3 aromatic carbocycles. The van der Waals surface area contributed by atoms with Crippen molar-refractivity contribution in [3.8, 4) is 11.1 Å². The van der Waals surface area contributed by atoms with Gasteiger partial charge in [0.05, 0.1) is 5.69 Å². The molecule has 0 saturated heterocycles. The summed E-state index contributed by atoms with van der Waals surface area (Å²) in [6, 6.07) is 24.9. The smallest absolute Gasteiger partial charge is 0.408 e. The maximum absolute atomic E-state index is 12.7. The Bertz CT molecular complexity index is 1130. The summed E-state index contributed by atoms with van der Waals surface area (Å²) in [6.07, 6.45) is 0.114. The highest BCUT2D eigenvalue weighted by Crippen LogP contribution is 2.27. The number of benzene rings is 3. The average molecular weight is 460 g/mol. The van der Waals surface area contributed by atoms with Crippen LogP contribution in [0.2, 0.25) is 0 Å². The van der Waals surface area contributed by atoms with Crippen molar-refractivity contribution in [2.45, 2.75) is 52.2 Å². The third kappa shape index (κ3) is 7.66. The van der Waals surface area contributed by atoms with Gasteiger partial charge in [-0.05, 0) is 70.4 Å². The number of alkyl carbamates (subject to hydrolysis) is 1. The van der Waals surface area contributed by atoms with Gasteiger partial charge in [-0.1, -0.05) is 60.7 Å². The molecule has 0 spiro atoms. The van der Waals surface area contributed by atoms with Gasteiger partial charge in [-0.25, -0.2) is 9.59 Å². The molecular formula is C28H33N3O3. The number of carbonyl (C=O) groups excluding carboxylic acids is 2. The lowest BCUT2D eigenvalue weighted by molar-refractivity contribution is 0.0472. The number of amides is 3. The van der Waals surface area contributed by atoms with Gasteiger partial charge >= 0.3 is 12.1 Å². The Labute approximate surface area is 201 Å². The molecule has 6 heteroatoms. The standard InChI is InChI=1S/C28H33N3O3/c1-27(2,3)34-26(33)31-28(4,5)19-20-12-11-15-22(18-20)29-25(32)30-24-17-10-9-16-23(24)21-13-7-6-8-14-21/h6-18H,19H2,1-5H3,(H,31,33)(H2,29,30,32).